The van der Waals surface area contributed by atoms with Crippen LogP contribution in [-0.2, 0) is 10.0 Å². The molecule has 0 unspecified atom stereocenters. The van der Waals surface area contributed by atoms with E-state index in [1.807, 2.05) is 0 Å². The summed E-state index contributed by atoms with van der Waals surface area (Å²) in [6, 6.07) is 8.58. The zero-order valence-corrected chi connectivity index (χ0v) is 12.0. The minimum absolute atomic E-state index is 0.0597. The Morgan fingerprint density at radius 1 is 1.19 bits per heavy atom. The third-order valence-electron chi connectivity index (χ3n) is 2.89. The Labute approximate surface area is 121 Å². The van der Waals surface area contributed by atoms with Gasteiger partial charge in [0.2, 0.25) is 5.03 Å². The van der Waals surface area contributed by atoms with Gasteiger partial charge in [0.15, 0.2) is 5.82 Å². The summed E-state index contributed by atoms with van der Waals surface area (Å²) >= 11 is 0. The first-order valence-electron chi connectivity index (χ1n) is 6.19. The van der Waals surface area contributed by atoms with E-state index >= 15 is 0 Å². The summed E-state index contributed by atoms with van der Waals surface area (Å²) in [5.41, 5.74) is 0.943. The normalized spacial score (nSPS) is 11.5. The van der Waals surface area contributed by atoms with Crippen LogP contribution in [0, 0.1) is 0 Å². The molecule has 7 nitrogen and oxygen atoms in total. The molecule has 3 heterocycles. The molecule has 108 valence electrons. The molecule has 21 heavy (non-hydrogen) atoms. The summed E-state index contributed by atoms with van der Waals surface area (Å²) in [4.78, 5) is 8.15. The van der Waals surface area contributed by atoms with E-state index in [2.05, 4.69) is 20.0 Å². The van der Waals surface area contributed by atoms with Gasteiger partial charge in [-0.2, -0.15) is 8.42 Å². The van der Waals surface area contributed by atoms with Crippen molar-refractivity contribution in [2.24, 2.45) is 0 Å². The molecule has 3 aromatic rings. The van der Waals surface area contributed by atoms with Crippen molar-refractivity contribution in [2.45, 2.75) is 5.03 Å². The molecule has 2 N–H and O–H groups in total. The Morgan fingerprint density at radius 3 is 2.76 bits per heavy atom. The van der Waals surface area contributed by atoms with Crippen LogP contribution >= 0.6 is 0 Å². The van der Waals surface area contributed by atoms with Gasteiger partial charge in [0, 0.05) is 19.4 Å². The van der Waals surface area contributed by atoms with Crippen molar-refractivity contribution in [1.82, 2.24) is 14.4 Å². The maximum absolute atomic E-state index is 12.6. The maximum Gasteiger partial charge on any atom is 0.281 e. The lowest BCUT2D eigenvalue weighted by atomic mass is 10.4. The Hall–Kier alpha value is -2.61. The van der Waals surface area contributed by atoms with Gasteiger partial charge in [-0.1, -0.05) is 6.07 Å². The summed E-state index contributed by atoms with van der Waals surface area (Å²) in [7, 11) is -2.16. The monoisotopic (exact) mass is 303 g/mol. The molecule has 0 aliphatic rings. The van der Waals surface area contributed by atoms with E-state index in [1.54, 1.807) is 49.8 Å². The van der Waals surface area contributed by atoms with E-state index in [0.717, 1.165) is 0 Å². The quantitative estimate of drug-likeness (QED) is 0.764. The number of hydrogen-bond acceptors (Lipinski definition) is 5. The number of nitrogens with zero attached hydrogens (tertiary/aromatic N) is 3. The van der Waals surface area contributed by atoms with E-state index in [-0.39, 0.29) is 10.8 Å². The molecule has 0 fully saturated rings. The summed E-state index contributed by atoms with van der Waals surface area (Å²) < 4.78 is 29.2. The van der Waals surface area contributed by atoms with Crippen LogP contribution in [0.1, 0.15) is 0 Å². The Kier molecular flexibility index (Phi) is 3.22. The number of imidazole rings is 1. The highest BCUT2D eigenvalue weighted by atomic mass is 32.2. The lowest BCUT2D eigenvalue weighted by Crippen LogP contribution is -2.16. The molecule has 0 spiro atoms. The van der Waals surface area contributed by atoms with Crippen molar-refractivity contribution < 1.29 is 8.42 Å². The van der Waals surface area contributed by atoms with Gasteiger partial charge in [0.05, 0.1) is 11.9 Å². The van der Waals surface area contributed by atoms with Crippen LogP contribution in [0.5, 0.6) is 0 Å². The number of sulfonamides is 1. The van der Waals surface area contributed by atoms with Crippen LogP contribution < -0.4 is 10.0 Å². The van der Waals surface area contributed by atoms with Crippen LogP contribution in [0.25, 0.3) is 5.65 Å². The third kappa shape index (κ3) is 2.40. The van der Waals surface area contributed by atoms with Gasteiger partial charge >= 0.3 is 0 Å². The average molecular weight is 303 g/mol. The molecule has 0 bridgehead atoms. The Morgan fingerprint density at radius 2 is 2.05 bits per heavy atom. The lowest BCUT2D eigenvalue weighted by Gasteiger charge is -2.08. The van der Waals surface area contributed by atoms with E-state index < -0.39 is 10.0 Å². The van der Waals surface area contributed by atoms with Crippen molar-refractivity contribution >= 4 is 27.2 Å². The molecule has 0 atom stereocenters. The standard InChI is InChI=1S/C13H13N5O2S/c1-14-12-13(18-8-3-2-6-11(18)16-12)21(19,20)17-10-5-4-7-15-9-10/h2-9,14,17H,1H3. The highest BCUT2D eigenvalue weighted by Crippen LogP contribution is 2.24. The molecule has 0 saturated heterocycles. The molecule has 0 aromatic carbocycles. The smallest absolute Gasteiger partial charge is 0.281 e. The SMILES string of the molecule is CNc1nc2ccccn2c1S(=O)(=O)Nc1cccnc1. The average Bonchev–Trinajstić information content (AvgIpc) is 2.87. The van der Waals surface area contributed by atoms with Crippen LogP contribution in [0.2, 0.25) is 0 Å². The first kappa shape index (κ1) is 13.4. The molecule has 3 aromatic heterocycles. The van der Waals surface area contributed by atoms with Crippen molar-refractivity contribution in [2.75, 3.05) is 17.1 Å². The molecule has 0 radical (unpaired) electrons. The van der Waals surface area contributed by atoms with E-state index in [9.17, 15) is 8.42 Å². The van der Waals surface area contributed by atoms with Crippen molar-refractivity contribution in [3.63, 3.8) is 0 Å². The van der Waals surface area contributed by atoms with Gasteiger partial charge in [0.25, 0.3) is 10.0 Å². The molecular weight excluding hydrogens is 290 g/mol. The fourth-order valence-corrected chi connectivity index (χ4v) is 3.36. The Balaban J connectivity index is 2.14. The highest BCUT2D eigenvalue weighted by Gasteiger charge is 2.24. The molecule has 0 saturated carbocycles. The lowest BCUT2D eigenvalue weighted by molar-refractivity contribution is 0.597. The zero-order valence-electron chi connectivity index (χ0n) is 11.2. The summed E-state index contributed by atoms with van der Waals surface area (Å²) in [5.74, 6) is 0.289. The van der Waals surface area contributed by atoms with Gasteiger partial charge in [0.1, 0.15) is 5.65 Å². The molecule has 0 aliphatic carbocycles. The number of fused-ring (bicyclic) bond motifs is 1. The van der Waals surface area contributed by atoms with Crippen LogP contribution in [0.15, 0.2) is 53.9 Å². The predicted octanol–water partition coefficient (Wildman–Crippen LogP) is 1.57. The number of nitrogens with one attached hydrogen (secondary N) is 2. The van der Waals surface area contributed by atoms with Gasteiger partial charge < -0.3 is 5.32 Å². The first-order valence-corrected chi connectivity index (χ1v) is 7.68. The minimum atomic E-state index is -3.79. The predicted molar refractivity (Wildman–Crippen MR) is 79.8 cm³/mol. The molecule has 0 amide bonds. The molecule has 3 rings (SSSR count). The fourth-order valence-electron chi connectivity index (χ4n) is 2.02. The Bertz CT molecular complexity index is 874. The topological polar surface area (TPSA) is 88.4 Å². The second kappa shape index (κ2) is 5.06. The molecule has 8 heteroatoms. The highest BCUT2D eigenvalue weighted by molar-refractivity contribution is 7.92. The molecule has 0 aliphatic heterocycles. The largest absolute Gasteiger partial charge is 0.371 e. The van der Waals surface area contributed by atoms with Gasteiger partial charge in [-0.3, -0.25) is 14.1 Å². The van der Waals surface area contributed by atoms with Crippen LogP contribution in [0.3, 0.4) is 0 Å². The summed E-state index contributed by atoms with van der Waals surface area (Å²) in [5, 5.41) is 2.87. The molecular formula is C13H13N5O2S. The second-order valence-corrected chi connectivity index (χ2v) is 5.89. The van der Waals surface area contributed by atoms with Gasteiger partial charge in [-0.05, 0) is 24.3 Å². The van der Waals surface area contributed by atoms with Gasteiger partial charge in [-0.15, -0.1) is 0 Å². The third-order valence-corrected chi connectivity index (χ3v) is 4.29. The van der Waals surface area contributed by atoms with Crippen LogP contribution in [-0.4, -0.2) is 29.8 Å². The van der Waals surface area contributed by atoms with Gasteiger partial charge in [-0.25, -0.2) is 4.98 Å². The van der Waals surface area contributed by atoms with Crippen LogP contribution in [0.4, 0.5) is 11.5 Å². The van der Waals surface area contributed by atoms with Crippen molar-refractivity contribution in [3.05, 3.63) is 48.9 Å². The maximum atomic E-state index is 12.6. The number of rotatable bonds is 4. The second-order valence-electron chi connectivity index (χ2n) is 4.29. The number of pyridine rings is 2. The zero-order chi connectivity index (χ0) is 14.9. The number of hydrogen-bond donors (Lipinski definition) is 2. The van der Waals surface area contributed by atoms with E-state index in [4.69, 9.17) is 0 Å². The summed E-state index contributed by atoms with van der Waals surface area (Å²) in [6.07, 6.45) is 4.67. The number of anilines is 2. The first-order chi connectivity index (χ1) is 10.1. The fraction of sp³-hybridized carbons (Fsp3) is 0.0769. The minimum Gasteiger partial charge on any atom is -0.371 e. The van der Waals surface area contributed by atoms with Crippen molar-refractivity contribution in [3.8, 4) is 0 Å². The summed E-state index contributed by atoms with van der Waals surface area (Å²) in [6.45, 7) is 0. The number of aromatic nitrogens is 3. The van der Waals surface area contributed by atoms with Crippen molar-refractivity contribution in [1.29, 1.82) is 0 Å². The van der Waals surface area contributed by atoms with E-state index in [0.29, 0.717) is 11.3 Å². The van der Waals surface area contributed by atoms with E-state index in [1.165, 1.54) is 10.6 Å².